The molecule has 1 amide bonds. The average Bonchev–Trinajstić information content (AvgIpc) is 2.92. The van der Waals surface area contributed by atoms with Crippen molar-refractivity contribution in [2.24, 2.45) is 0 Å². The molecule has 0 aliphatic carbocycles. The van der Waals surface area contributed by atoms with Crippen LogP contribution in [-0.4, -0.2) is 15.5 Å². The van der Waals surface area contributed by atoms with Gasteiger partial charge in [-0.15, -0.1) is 0 Å². The minimum Gasteiger partial charge on any atom is -0.323 e. The number of hydrogen-bond acceptors (Lipinski definition) is 3. The zero-order chi connectivity index (χ0) is 14.7. The van der Waals surface area contributed by atoms with E-state index in [0.717, 1.165) is 16.7 Å². The van der Waals surface area contributed by atoms with E-state index in [9.17, 15) is 4.79 Å². The largest absolute Gasteiger partial charge is 0.323 e. The van der Waals surface area contributed by atoms with Gasteiger partial charge in [0.05, 0.1) is 28.5 Å². The van der Waals surface area contributed by atoms with Crippen molar-refractivity contribution in [3.63, 3.8) is 0 Å². The molecule has 21 heavy (non-hydrogen) atoms. The second-order valence-corrected chi connectivity index (χ2v) is 4.50. The number of hydrogen-bond donors (Lipinski definition) is 1. The number of imidazole rings is 1. The van der Waals surface area contributed by atoms with Crippen molar-refractivity contribution >= 4 is 22.6 Å². The van der Waals surface area contributed by atoms with Crippen molar-refractivity contribution in [2.45, 2.75) is 6.42 Å². The van der Waals surface area contributed by atoms with Crippen LogP contribution in [0.25, 0.3) is 16.7 Å². The molecule has 5 heteroatoms. The highest BCUT2D eigenvalue weighted by molar-refractivity contribution is 5.94. The molecule has 5 nitrogen and oxygen atoms in total. The van der Waals surface area contributed by atoms with Crippen molar-refractivity contribution in [3.05, 3.63) is 54.9 Å². The summed E-state index contributed by atoms with van der Waals surface area (Å²) in [6, 6.07) is 17.0. The Balaban J connectivity index is 2.07. The average molecular weight is 276 g/mol. The second kappa shape index (κ2) is 5.47. The summed E-state index contributed by atoms with van der Waals surface area (Å²) >= 11 is 0. The molecule has 0 unspecified atom stereocenters. The van der Waals surface area contributed by atoms with Gasteiger partial charge >= 0.3 is 0 Å². The van der Waals surface area contributed by atoms with Crippen molar-refractivity contribution in [1.82, 2.24) is 9.55 Å². The number of nitrogens with zero attached hydrogens (tertiary/aromatic N) is 3. The zero-order valence-electron chi connectivity index (χ0n) is 11.2. The molecule has 0 aliphatic rings. The number of fused-ring (bicyclic) bond motifs is 1. The molecule has 2 aromatic carbocycles. The van der Waals surface area contributed by atoms with Gasteiger partial charge in [-0.25, -0.2) is 4.98 Å². The Bertz CT molecular complexity index is 845. The predicted octanol–water partition coefficient (Wildman–Crippen LogP) is 2.88. The van der Waals surface area contributed by atoms with Crippen LogP contribution in [0.15, 0.2) is 54.9 Å². The maximum atomic E-state index is 11.6. The topological polar surface area (TPSA) is 70.7 Å². The van der Waals surface area contributed by atoms with Crippen molar-refractivity contribution in [2.75, 3.05) is 5.32 Å². The first-order valence-corrected chi connectivity index (χ1v) is 6.48. The molecular formula is C16H12N4O. The molecule has 0 atom stereocenters. The third-order valence-corrected chi connectivity index (χ3v) is 3.13. The highest BCUT2D eigenvalue weighted by Crippen LogP contribution is 2.24. The minimum atomic E-state index is -0.325. The van der Waals surface area contributed by atoms with Gasteiger partial charge in [0, 0.05) is 0 Å². The van der Waals surface area contributed by atoms with Crippen molar-refractivity contribution < 1.29 is 4.79 Å². The van der Waals surface area contributed by atoms with Crippen LogP contribution in [0.4, 0.5) is 5.69 Å². The number of carbonyl (C=O) groups is 1. The lowest BCUT2D eigenvalue weighted by molar-refractivity contribution is -0.115. The summed E-state index contributed by atoms with van der Waals surface area (Å²) in [5, 5.41) is 11.3. The monoisotopic (exact) mass is 276 g/mol. The first-order chi connectivity index (χ1) is 10.3. The highest BCUT2D eigenvalue weighted by atomic mass is 16.1. The molecule has 0 aliphatic heterocycles. The molecule has 0 radical (unpaired) electrons. The SMILES string of the molecule is N#CCC(=O)Nc1ccccc1-n1cnc2ccccc21. The molecule has 3 rings (SSSR count). The summed E-state index contributed by atoms with van der Waals surface area (Å²) in [7, 11) is 0. The van der Waals surface area contributed by atoms with Gasteiger partial charge < -0.3 is 5.32 Å². The molecule has 0 fully saturated rings. The third kappa shape index (κ3) is 2.47. The summed E-state index contributed by atoms with van der Waals surface area (Å²) in [5.41, 5.74) is 3.31. The van der Waals surface area contributed by atoms with E-state index in [2.05, 4.69) is 10.3 Å². The fraction of sp³-hybridized carbons (Fsp3) is 0.0625. The quantitative estimate of drug-likeness (QED) is 0.799. The highest BCUT2D eigenvalue weighted by Gasteiger charge is 2.10. The molecule has 0 saturated carbocycles. The molecule has 3 aromatic rings. The molecule has 0 bridgehead atoms. The zero-order valence-corrected chi connectivity index (χ0v) is 11.2. The van der Waals surface area contributed by atoms with Gasteiger partial charge in [0.2, 0.25) is 5.91 Å². The maximum Gasteiger partial charge on any atom is 0.238 e. The first kappa shape index (κ1) is 12.9. The molecule has 1 heterocycles. The lowest BCUT2D eigenvalue weighted by Crippen LogP contribution is -2.12. The predicted molar refractivity (Wildman–Crippen MR) is 79.9 cm³/mol. The number of benzene rings is 2. The molecule has 1 aromatic heterocycles. The number of anilines is 1. The number of nitriles is 1. The fourth-order valence-corrected chi connectivity index (χ4v) is 2.21. The van der Waals surface area contributed by atoms with E-state index in [-0.39, 0.29) is 12.3 Å². The van der Waals surface area contributed by atoms with Crippen LogP contribution >= 0.6 is 0 Å². The minimum absolute atomic E-state index is 0.168. The van der Waals surface area contributed by atoms with Gasteiger partial charge in [-0.05, 0) is 24.3 Å². The van der Waals surface area contributed by atoms with Crippen molar-refractivity contribution in [3.8, 4) is 11.8 Å². The molecule has 102 valence electrons. The van der Waals surface area contributed by atoms with Gasteiger partial charge in [0.1, 0.15) is 12.7 Å². The van der Waals surface area contributed by atoms with E-state index in [1.165, 1.54) is 0 Å². The Kier molecular flexibility index (Phi) is 3.36. The summed E-state index contributed by atoms with van der Waals surface area (Å²) in [4.78, 5) is 16.0. The Hall–Kier alpha value is -3.13. The fourth-order valence-electron chi connectivity index (χ4n) is 2.21. The lowest BCUT2D eigenvalue weighted by Gasteiger charge is -2.11. The normalized spacial score (nSPS) is 10.2. The van der Waals surface area contributed by atoms with Gasteiger partial charge in [-0.2, -0.15) is 5.26 Å². The van der Waals surface area contributed by atoms with Crippen LogP contribution in [0.2, 0.25) is 0 Å². The van der Waals surface area contributed by atoms with Crippen molar-refractivity contribution in [1.29, 1.82) is 5.26 Å². The van der Waals surface area contributed by atoms with E-state index >= 15 is 0 Å². The lowest BCUT2D eigenvalue weighted by atomic mass is 10.2. The van der Waals surface area contributed by atoms with Crippen LogP contribution in [0.3, 0.4) is 0 Å². The Morgan fingerprint density at radius 1 is 1.19 bits per heavy atom. The van der Waals surface area contributed by atoms with Crippen LogP contribution in [0.5, 0.6) is 0 Å². The van der Waals surface area contributed by atoms with Gasteiger partial charge in [0.15, 0.2) is 0 Å². The maximum absolute atomic E-state index is 11.6. The smallest absolute Gasteiger partial charge is 0.238 e. The number of carbonyl (C=O) groups excluding carboxylic acids is 1. The van der Waals surface area contributed by atoms with E-state index in [1.54, 1.807) is 12.4 Å². The Morgan fingerprint density at radius 2 is 1.95 bits per heavy atom. The molecular weight excluding hydrogens is 264 g/mol. The number of rotatable bonds is 3. The molecule has 0 saturated heterocycles. The van der Waals surface area contributed by atoms with E-state index in [0.29, 0.717) is 5.69 Å². The molecule has 0 spiro atoms. The standard InChI is InChI=1S/C16H12N4O/c17-10-9-16(21)19-13-6-2-4-8-15(13)20-11-18-12-5-1-3-7-14(12)20/h1-8,11H,9H2,(H,19,21). The van der Waals surface area contributed by atoms with E-state index in [1.807, 2.05) is 53.1 Å². The summed E-state index contributed by atoms with van der Waals surface area (Å²) < 4.78 is 1.91. The molecule has 1 N–H and O–H groups in total. The first-order valence-electron chi connectivity index (χ1n) is 6.48. The van der Waals surface area contributed by atoms with E-state index in [4.69, 9.17) is 5.26 Å². The Labute approximate surface area is 121 Å². The van der Waals surface area contributed by atoms with Crippen LogP contribution in [0, 0.1) is 11.3 Å². The number of nitrogens with one attached hydrogen (secondary N) is 1. The van der Waals surface area contributed by atoms with Crippen LogP contribution in [0.1, 0.15) is 6.42 Å². The van der Waals surface area contributed by atoms with Crippen LogP contribution in [-0.2, 0) is 4.79 Å². The number of aromatic nitrogens is 2. The van der Waals surface area contributed by atoms with E-state index < -0.39 is 0 Å². The van der Waals surface area contributed by atoms with Gasteiger partial charge in [-0.3, -0.25) is 9.36 Å². The summed E-state index contributed by atoms with van der Waals surface area (Å²) in [6.45, 7) is 0. The third-order valence-electron chi connectivity index (χ3n) is 3.13. The second-order valence-electron chi connectivity index (χ2n) is 4.50. The number of para-hydroxylation sites is 4. The van der Waals surface area contributed by atoms with Crippen LogP contribution < -0.4 is 5.32 Å². The van der Waals surface area contributed by atoms with Gasteiger partial charge in [-0.1, -0.05) is 24.3 Å². The summed E-state index contributed by atoms with van der Waals surface area (Å²) in [6.07, 6.45) is 1.55. The summed E-state index contributed by atoms with van der Waals surface area (Å²) in [5.74, 6) is -0.325. The Morgan fingerprint density at radius 3 is 2.81 bits per heavy atom. The number of amides is 1. The van der Waals surface area contributed by atoms with Gasteiger partial charge in [0.25, 0.3) is 0 Å².